The minimum Gasteiger partial charge on any atom is -0.385 e. The Morgan fingerprint density at radius 2 is 1.62 bits per heavy atom. The fourth-order valence-corrected chi connectivity index (χ4v) is 3.61. The van der Waals surface area contributed by atoms with Gasteiger partial charge in [0.15, 0.2) is 5.78 Å². The zero-order chi connectivity index (χ0) is 22.9. The van der Waals surface area contributed by atoms with Crippen LogP contribution in [0.5, 0.6) is 0 Å². The molecule has 0 bridgehead atoms. The van der Waals surface area contributed by atoms with Crippen molar-refractivity contribution in [2.24, 2.45) is 0 Å². The Morgan fingerprint density at radius 1 is 0.969 bits per heavy atom. The molecule has 8 heteroatoms. The first-order valence-corrected chi connectivity index (χ1v) is 10.7. The first-order chi connectivity index (χ1) is 15.5. The van der Waals surface area contributed by atoms with Gasteiger partial charge in [0.2, 0.25) is 5.91 Å². The lowest BCUT2D eigenvalue weighted by molar-refractivity contribution is -0.122. The second-order valence-electron chi connectivity index (χ2n) is 7.65. The van der Waals surface area contributed by atoms with Gasteiger partial charge < -0.3 is 15.0 Å². The lowest BCUT2D eigenvalue weighted by Crippen LogP contribution is -2.51. The van der Waals surface area contributed by atoms with Crippen molar-refractivity contribution in [1.82, 2.24) is 15.1 Å². The third-order valence-corrected chi connectivity index (χ3v) is 5.38. The number of halogens is 1. The fourth-order valence-electron chi connectivity index (χ4n) is 3.61. The molecule has 1 fully saturated rings. The molecule has 7 nitrogen and oxygen atoms in total. The lowest BCUT2D eigenvalue weighted by Gasteiger charge is -2.34. The summed E-state index contributed by atoms with van der Waals surface area (Å²) in [6.07, 6.45) is 0.764. The van der Waals surface area contributed by atoms with Crippen LogP contribution in [0.25, 0.3) is 0 Å². The molecule has 0 spiro atoms. The molecule has 0 atom stereocenters. The highest BCUT2D eigenvalue weighted by molar-refractivity contribution is 6.15. The van der Waals surface area contributed by atoms with Crippen LogP contribution in [0.3, 0.4) is 0 Å². The third-order valence-electron chi connectivity index (χ3n) is 5.38. The number of hydrogen-bond donors (Lipinski definition) is 1. The summed E-state index contributed by atoms with van der Waals surface area (Å²) >= 11 is 0. The number of amides is 2. The fraction of sp³-hybridized carbons (Fsp3) is 0.375. The van der Waals surface area contributed by atoms with Crippen LogP contribution in [-0.4, -0.2) is 80.4 Å². The van der Waals surface area contributed by atoms with Crippen molar-refractivity contribution in [3.63, 3.8) is 0 Å². The van der Waals surface area contributed by atoms with Gasteiger partial charge in [-0.05, 0) is 36.8 Å². The topological polar surface area (TPSA) is 79.0 Å². The van der Waals surface area contributed by atoms with Crippen molar-refractivity contribution >= 4 is 17.6 Å². The number of methoxy groups -OCH3 is 1. The van der Waals surface area contributed by atoms with Gasteiger partial charge in [-0.1, -0.05) is 18.2 Å². The van der Waals surface area contributed by atoms with Gasteiger partial charge in [0.25, 0.3) is 5.91 Å². The first kappa shape index (κ1) is 23.6. The summed E-state index contributed by atoms with van der Waals surface area (Å²) in [7, 11) is 1.62. The second kappa shape index (κ2) is 11.5. The number of nitrogens with zero attached hydrogens (tertiary/aromatic N) is 2. The summed E-state index contributed by atoms with van der Waals surface area (Å²) in [6, 6.07) is 12.0. The van der Waals surface area contributed by atoms with Crippen molar-refractivity contribution in [2.75, 3.05) is 53.0 Å². The molecule has 0 unspecified atom stereocenters. The predicted molar refractivity (Wildman–Crippen MR) is 118 cm³/mol. The molecular formula is C24H28FN3O4. The van der Waals surface area contributed by atoms with E-state index in [9.17, 15) is 18.8 Å². The molecule has 170 valence electrons. The predicted octanol–water partition coefficient (Wildman–Crippen LogP) is 1.97. The van der Waals surface area contributed by atoms with E-state index in [4.69, 9.17) is 4.74 Å². The number of nitrogens with one attached hydrogen (secondary N) is 1. The minimum atomic E-state index is -0.424. The van der Waals surface area contributed by atoms with Crippen LogP contribution in [-0.2, 0) is 9.53 Å². The standard InChI is InChI=1S/C24H28FN3O4/c1-32-16-4-11-26-22(29)17-27-12-14-28(15-13-27)24(31)21-6-3-2-5-20(21)23(30)18-7-9-19(25)10-8-18/h2-3,5-10H,4,11-17H2,1H3,(H,26,29). The molecule has 0 aliphatic carbocycles. The molecule has 1 heterocycles. The van der Waals surface area contributed by atoms with Gasteiger partial charge in [-0.15, -0.1) is 0 Å². The number of benzene rings is 2. The van der Waals surface area contributed by atoms with Crippen LogP contribution in [0.1, 0.15) is 32.7 Å². The molecule has 1 aliphatic heterocycles. The quantitative estimate of drug-likeness (QED) is 0.476. The molecule has 0 saturated carbocycles. The summed E-state index contributed by atoms with van der Waals surface area (Å²) in [5.41, 5.74) is 0.945. The van der Waals surface area contributed by atoms with Gasteiger partial charge in [0, 0.05) is 57.6 Å². The van der Waals surface area contributed by atoms with Gasteiger partial charge in [-0.25, -0.2) is 4.39 Å². The van der Waals surface area contributed by atoms with Crippen molar-refractivity contribution in [3.05, 3.63) is 71.0 Å². The SMILES string of the molecule is COCCCNC(=O)CN1CCN(C(=O)c2ccccc2C(=O)c2ccc(F)cc2)CC1. The first-order valence-electron chi connectivity index (χ1n) is 10.7. The number of hydrogen-bond acceptors (Lipinski definition) is 5. The number of ketones is 1. The molecule has 3 rings (SSSR count). The maximum Gasteiger partial charge on any atom is 0.254 e. The maximum absolute atomic E-state index is 13.2. The highest BCUT2D eigenvalue weighted by atomic mass is 19.1. The third kappa shape index (κ3) is 6.21. The summed E-state index contributed by atoms with van der Waals surface area (Å²) in [5.74, 6) is -1.01. The van der Waals surface area contributed by atoms with Crippen molar-refractivity contribution in [2.45, 2.75) is 6.42 Å². The van der Waals surface area contributed by atoms with E-state index in [2.05, 4.69) is 5.32 Å². The summed E-state index contributed by atoms with van der Waals surface area (Å²) in [6.45, 7) is 3.55. The molecule has 2 aromatic carbocycles. The highest BCUT2D eigenvalue weighted by Gasteiger charge is 2.26. The number of piperazine rings is 1. The highest BCUT2D eigenvalue weighted by Crippen LogP contribution is 2.18. The summed E-state index contributed by atoms with van der Waals surface area (Å²) in [5, 5.41) is 2.86. The van der Waals surface area contributed by atoms with Gasteiger partial charge in [0.1, 0.15) is 5.82 Å². The number of ether oxygens (including phenoxy) is 1. The molecule has 1 saturated heterocycles. The number of rotatable bonds is 9. The smallest absolute Gasteiger partial charge is 0.254 e. The van der Waals surface area contributed by atoms with Crippen LogP contribution in [0, 0.1) is 5.82 Å². The van der Waals surface area contributed by atoms with Crippen molar-refractivity contribution < 1.29 is 23.5 Å². The molecule has 0 radical (unpaired) electrons. The van der Waals surface area contributed by atoms with E-state index in [1.807, 2.05) is 4.90 Å². The van der Waals surface area contributed by atoms with Crippen LogP contribution in [0.4, 0.5) is 4.39 Å². The van der Waals surface area contributed by atoms with E-state index < -0.39 is 5.82 Å². The molecule has 0 aromatic heterocycles. The van der Waals surface area contributed by atoms with E-state index in [1.165, 1.54) is 24.3 Å². The zero-order valence-corrected chi connectivity index (χ0v) is 18.2. The van der Waals surface area contributed by atoms with Crippen LogP contribution in [0.2, 0.25) is 0 Å². The van der Waals surface area contributed by atoms with Crippen LogP contribution >= 0.6 is 0 Å². The Labute approximate surface area is 187 Å². The normalized spacial score (nSPS) is 14.2. The van der Waals surface area contributed by atoms with E-state index in [1.54, 1.807) is 36.3 Å². The van der Waals surface area contributed by atoms with Gasteiger partial charge >= 0.3 is 0 Å². The van der Waals surface area contributed by atoms with Crippen molar-refractivity contribution in [3.8, 4) is 0 Å². The summed E-state index contributed by atoms with van der Waals surface area (Å²) in [4.78, 5) is 41.8. The molecule has 1 aliphatic rings. The van der Waals surface area contributed by atoms with Gasteiger partial charge in [0.05, 0.1) is 12.1 Å². The maximum atomic E-state index is 13.2. The Balaban J connectivity index is 1.58. The van der Waals surface area contributed by atoms with Gasteiger partial charge in [-0.2, -0.15) is 0 Å². The second-order valence-corrected chi connectivity index (χ2v) is 7.65. The Kier molecular flexibility index (Phi) is 8.47. The number of carbonyl (C=O) groups excluding carboxylic acids is 3. The number of carbonyl (C=O) groups is 3. The summed E-state index contributed by atoms with van der Waals surface area (Å²) < 4.78 is 18.2. The van der Waals surface area contributed by atoms with E-state index in [-0.39, 0.29) is 24.1 Å². The monoisotopic (exact) mass is 441 g/mol. The zero-order valence-electron chi connectivity index (χ0n) is 18.2. The van der Waals surface area contributed by atoms with E-state index in [0.29, 0.717) is 56.0 Å². The van der Waals surface area contributed by atoms with Crippen LogP contribution in [0.15, 0.2) is 48.5 Å². The van der Waals surface area contributed by atoms with Crippen LogP contribution < -0.4 is 5.32 Å². The molecule has 32 heavy (non-hydrogen) atoms. The lowest BCUT2D eigenvalue weighted by atomic mass is 9.97. The molecule has 2 aromatic rings. The Morgan fingerprint density at radius 3 is 2.28 bits per heavy atom. The molecule has 1 N–H and O–H groups in total. The molecule has 2 amide bonds. The van der Waals surface area contributed by atoms with Gasteiger partial charge in [-0.3, -0.25) is 19.3 Å². The average molecular weight is 442 g/mol. The average Bonchev–Trinajstić information content (AvgIpc) is 2.82. The van der Waals surface area contributed by atoms with E-state index >= 15 is 0 Å². The largest absolute Gasteiger partial charge is 0.385 e. The minimum absolute atomic E-state index is 0.0453. The Bertz CT molecular complexity index is 941. The van der Waals surface area contributed by atoms with Crippen molar-refractivity contribution in [1.29, 1.82) is 0 Å². The molecular weight excluding hydrogens is 413 g/mol. The Hall–Kier alpha value is -3.10. The van der Waals surface area contributed by atoms with E-state index in [0.717, 1.165) is 6.42 Å².